The fourth-order valence-electron chi connectivity index (χ4n) is 2.83. The van der Waals surface area contributed by atoms with Gasteiger partial charge < -0.3 is 14.8 Å². The van der Waals surface area contributed by atoms with Gasteiger partial charge in [-0.05, 0) is 48.4 Å². The van der Waals surface area contributed by atoms with Crippen LogP contribution in [0.3, 0.4) is 0 Å². The number of hydrogen-bond acceptors (Lipinski definition) is 3. The van der Waals surface area contributed by atoms with E-state index < -0.39 is 0 Å². The second-order valence-corrected chi connectivity index (χ2v) is 7.68. The van der Waals surface area contributed by atoms with Gasteiger partial charge in [0.05, 0.1) is 6.61 Å². The first kappa shape index (κ1) is 24.6. The van der Waals surface area contributed by atoms with E-state index in [9.17, 15) is 0 Å². The smallest absolute Gasteiger partial charge is 0.161 e. The van der Waals surface area contributed by atoms with E-state index >= 15 is 0 Å². The van der Waals surface area contributed by atoms with E-state index in [0.29, 0.717) is 47.8 Å². The average Bonchev–Trinajstić information content (AvgIpc) is 2.70. The molecule has 7 heteroatoms. The zero-order valence-electron chi connectivity index (χ0n) is 16.5. The minimum Gasteiger partial charge on any atom is -0.490 e. The molecule has 30 heavy (non-hydrogen) atoms. The summed E-state index contributed by atoms with van der Waals surface area (Å²) >= 11 is 18.4. The van der Waals surface area contributed by atoms with Gasteiger partial charge in [-0.2, -0.15) is 0 Å². The van der Waals surface area contributed by atoms with Gasteiger partial charge in [-0.1, -0.05) is 65.1 Å². The maximum Gasteiger partial charge on any atom is 0.161 e. The van der Waals surface area contributed by atoms with E-state index in [4.69, 9.17) is 44.3 Å². The van der Waals surface area contributed by atoms with Crippen LogP contribution in [0.2, 0.25) is 15.1 Å². The lowest BCUT2D eigenvalue weighted by atomic mass is 10.1. The van der Waals surface area contributed by atoms with Crippen LogP contribution in [-0.4, -0.2) is 6.61 Å². The molecular formula is C23H23Cl4NO2. The maximum atomic E-state index is 6.23. The topological polar surface area (TPSA) is 30.5 Å². The molecule has 0 bridgehead atoms. The molecule has 0 fully saturated rings. The zero-order valence-corrected chi connectivity index (χ0v) is 19.5. The van der Waals surface area contributed by atoms with Crippen LogP contribution < -0.4 is 14.8 Å². The highest BCUT2D eigenvalue weighted by molar-refractivity contribution is 6.35. The third kappa shape index (κ3) is 6.97. The molecule has 0 atom stereocenters. The lowest BCUT2D eigenvalue weighted by molar-refractivity contribution is 0.269. The first-order valence-electron chi connectivity index (χ1n) is 9.33. The van der Waals surface area contributed by atoms with E-state index in [2.05, 4.69) is 5.32 Å². The Labute approximate surface area is 198 Å². The van der Waals surface area contributed by atoms with Crippen molar-refractivity contribution in [1.29, 1.82) is 0 Å². The van der Waals surface area contributed by atoms with Crippen molar-refractivity contribution in [3.8, 4) is 11.5 Å². The average molecular weight is 487 g/mol. The Morgan fingerprint density at radius 3 is 2.30 bits per heavy atom. The van der Waals surface area contributed by atoms with Gasteiger partial charge in [0.15, 0.2) is 11.5 Å². The molecule has 0 radical (unpaired) electrons. The first-order chi connectivity index (χ1) is 14.1. The van der Waals surface area contributed by atoms with Crippen LogP contribution in [0.25, 0.3) is 0 Å². The van der Waals surface area contributed by atoms with Crippen LogP contribution in [0.15, 0.2) is 60.7 Å². The molecule has 0 saturated heterocycles. The highest BCUT2D eigenvalue weighted by atomic mass is 35.5. The molecule has 0 saturated carbocycles. The molecule has 160 valence electrons. The standard InChI is InChI=1S/C23H22Cl3NO2.ClH/c1-2-28-23-11-16(13-27-14-17-5-3-4-6-20(17)25)7-10-22(23)29-15-18-8-9-19(24)12-21(18)26;/h3-12,27H,2,13-15H2,1H3;1H. The zero-order chi connectivity index (χ0) is 20.6. The molecule has 0 amide bonds. The van der Waals surface area contributed by atoms with Crippen LogP contribution in [0.1, 0.15) is 23.6 Å². The Hall–Kier alpha value is -1.62. The van der Waals surface area contributed by atoms with Gasteiger partial charge in [0.25, 0.3) is 0 Å². The number of halogens is 4. The number of rotatable bonds is 9. The van der Waals surface area contributed by atoms with Crippen LogP contribution >= 0.6 is 47.2 Å². The lowest BCUT2D eigenvalue weighted by Crippen LogP contribution is -2.13. The number of benzene rings is 3. The molecule has 3 rings (SSSR count). The second kappa shape index (κ2) is 12.3. The molecule has 3 aromatic rings. The first-order valence-corrected chi connectivity index (χ1v) is 10.5. The fourth-order valence-corrected chi connectivity index (χ4v) is 3.49. The van der Waals surface area contributed by atoms with Crippen LogP contribution in [0, 0.1) is 0 Å². The predicted octanol–water partition coefficient (Wildman–Crippen LogP) is 7.34. The molecule has 0 spiro atoms. The third-order valence-electron chi connectivity index (χ3n) is 4.31. The summed E-state index contributed by atoms with van der Waals surface area (Å²) in [5.74, 6) is 1.38. The van der Waals surface area contributed by atoms with Crippen molar-refractivity contribution in [2.24, 2.45) is 0 Å². The van der Waals surface area contributed by atoms with E-state index in [1.54, 1.807) is 12.1 Å². The quantitative estimate of drug-likeness (QED) is 0.343. The Morgan fingerprint density at radius 1 is 0.767 bits per heavy atom. The van der Waals surface area contributed by atoms with Crippen molar-refractivity contribution in [2.45, 2.75) is 26.6 Å². The summed E-state index contributed by atoms with van der Waals surface area (Å²) in [7, 11) is 0. The van der Waals surface area contributed by atoms with Gasteiger partial charge >= 0.3 is 0 Å². The number of nitrogens with one attached hydrogen (secondary N) is 1. The molecule has 0 aliphatic heterocycles. The van der Waals surface area contributed by atoms with Crippen LogP contribution in [-0.2, 0) is 19.7 Å². The lowest BCUT2D eigenvalue weighted by Gasteiger charge is -2.14. The molecule has 0 aliphatic rings. The van der Waals surface area contributed by atoms with Crippen molar-refractivity contribution in [3.05, 3.63) is 92.4 Å². The summed E-state index contributed by atoms with van der Waals surface area (Å²) in [6, 6.07) is 19.1. The summed E-state index contributed by atoms with van der Waals surface area (Å²) in [6.45, 7) is 4.21. The Kier molecular flexibility index (Phi) is 10.1. The number of hydrogen-bond donors (Lipinski definition) is 1. The molecule has 3 nitrogen and oxygen atoms in total. The van der Waals surface area contributed by atoms with Gasteiger partial charge in [-0.3, -0.25) is 0 Å². The highest BCUT2D eigenvalue weighted by Crippen LogP contribution is 2.30. The minimum atomic E-state index is 0. The summed E-state index contributed by atoms with van der Waals surface area (Å²) in [5.41, 5.74) is 3.03. The van der Waals surface area contributed by atoms with Gasteiger partial charge in [0.2, 0.25) is 0 Å². The summed E-state index contributed by atoms with van der Waals surface area (Å²) < 4.78 is 11.7. The Balaban J connectivity index is 0.00000320. The molecule has 0 unspecified atom stereocenters. The molecular weight excluding hydrogens is 464 g/mol. The Morgan fingerprint density at radius 2 is 1.57 bits per heavy atom. The SMILES string of the molecule is CCOc1cc(CNCc2ccccc2Cl)ccc1OCc1ccc(Cl)cc1Cl.Cl. The van der Waals surface area contributed by atoms with Crippen LogP contribution in [0.5, 0.6) is 11.5 Å². The van der Waals surface area contributed by atoms with Gasteiger partial charge in [-0.25, -0.2) is 0 Å². The third-order valence-corrected chi connectivity index (χ3v) is 5.26. The van der Waals surface area contributed by atoms with Gasteiger partial charge in [0.1, 0.15) is 6.61 Å². The molecule has 0 aliphatic carbocycles. The van der Waals surface area contributed by atoms with Crippen molar-refractivity contribution >= 4 is 47.2 Å². The van der Waals surface area contributed by atoms with E-state index in [1.807, 2.05) is 55.5 Å². The van der Waals surface area contributed by atoms with Crippen molar-refractivity contribution in [1.82, 2.24) is 5.32 Å². The fraction of sp³-hybridized carbons (Fsp3) is 0.217. The highest BCUT2D eigenvalue weighted by Gasteiger charge is 2.09. The van der Waals surface area contributed by atoms with Crippen molar-refractivity contribution in [2.75, 3.05) is 6.61 Å². The van der Waals surface area contributed by atoms with E-state index in [-0.39, 0.29) is 12.4 Å². The minimum absolute atomic E-state index is 0. The van der Waals surface area contributed by atoms with E-state index in [1.165, 1.54) is 0 Å². The van der Waals surface area contributed by atoms with Crippen molar-refractivity contribution in [3.63, 3.8) is 0 Å². The summed E-state index contributed by atoms with van der Waals surface area (Å²) in [5, 5.41) is 5.35. The second-order valence-electron chi connectivity index (χ2n) is 6.43. The normalized spacial score (nSPS) is 10.4. The largest absolute Gasteiger partial charge is 0.490 e. The molecule has 3 aromatic carbocycles. The monoisotopic (exact) mass is 485 g/mol. The predicted molar refractivity (Wildman–Crippen MR) is 128 cm³/mol. The molecule has 0 heterocycles. The molecule has 1 N–H and O–H groups in total. The molecule has 0 aromatic heterocycles. The van der Waals surface area contributed by atoms with Crippen LogP contribution in [0.4, 0.5) is 0 Å². The van der Waals surface area contributed by atoms with E-state index in [0.717, 1.165) is 21.7 Å². The Bertz CT molecular complexity index is 966. The summed E-state index contributed by atoms with van der Waals surface area (Å²) in [6.07, 6.45) is 0. The maximum absolute atomic E-state index is 6.23. The number of ether oxygens (including phenoxy) is 2. The van der Waals surface area contributed by atoms with Crippen molar-refractivity contribution < 1.29 is 9.47 Å². The van der Waals surface area contributed by atoms with Gasteiger partial charge in [-0.15, -0.1) is 12.4 Å². The van der Waals surface area contributed by atoms with Gasteiger partial charge in [0, 0.05) is 33.7 Å². The summed E-state index contributed by atoms with van der Waals surface area (Å²) in [4.78, 5) is 0.